The van der Waals surface area contributed by atoms with Crippen molar-refractivity contribution >= 4 is 0 Å². The van der Waals surface area contributed by atoms with E-state index in [-0.39, 0.29) is 0 Å². The predicted molar refractivity (Wildman–Crippen MR) is 78.8 cm³/mol. The maximum atomic E-state index is 10.1. The normalized spacial score (nSPS) is 19.4. The van der Waals surface area contributed by atoms with Crippen LogP contribution in [0.2, 0.25) is 0 Å². The van der Waals surface area contributed by atoms with Crippen molar-refractivity contribution in [3.63, 3.8) is 0 Å². The second-order valence-electron chi connectivity index (χ2n) is 5.76. The van der Waals surface area contributed by atoms with Crippen molar-refractivity contribution in [1.29, 1.82) is 0 Å². The zero-order valence-electron chi connectivity index (χ0n) is 12.8. The molecule has 0 aromatic carbocycles. The highest BCUT2D eigenvalue weighted by Crippen LogP contribution is 2.28. The molecule has 1 atom stereocenters. The van der Waals surface area contributed by atoms with Gasteiger partial charge in [-0.25, -0.2) is 0 Å². The molecule has 1 saturated carbocycles. The van der Waals surface area contributed by atoms with Gasteiger partial charge < -0.3 is 25.0 Å². The van der Waals surface area contributed by atoms with Crippen molar-refractivity contribution in [2.75, 3.05) is 39.5 Å². The summed E-state index contributed by atoms with van der Waals surface area (Å²) in [5.74, 6) is 0. The molecule has 0 spiro atoms. The van der Waals surface area contributed by atoms with Crippen LogP contribution in [0.3, 0.4) is 0 Å². The minimum Gasteiger partial charge on any atom is -0.389 e. The Balaban J connectivity index is 1.88. The van der Waals surface area contributed by atoms with E-state index >= 15 is 0 Å². The third-order valence-corrected chi connectivity index (χ3v) is 3.69. The first-order chi connectivity index (χ1) is 9.66. The maximum absolute atomic E-state index is 10.1. The Morgan fingerprint density at radius 1 is 1.15 bits per heavy atom. The van der Waals surface area contributed by atoms with E-state index in [1.807, 2.05) is 0 Å². The highest BCUT2D eigenvalue weighted by molar-refractivity contribution is 4.86. The van der Waals surface area contributed by atoms with Crippen LogP contribution in [0.15, 0.2) is 0 Å². The molecule has 0 amide bonds. The van der Waals surface area contributed by atoms with Crippen molar-refractivity contribution in [3.05, 3.63) is 0 Å². The number of hydrogen-bond acceptors (Lipinski definition) is 5. The summed E-state index contributed by atoms with van der Waals surface area (Å²) in [5.41, 5.74) is -0.562. The summed E-state index contributed by atoms with van der Waals surface area (Å²) in [6.45, 7) is 5.34. The Morgan fingerprint density at radius 3 is 2.55 bits per heavy atom. The number of aliphatic hydroxyl groups excluding tert-OH is 1. The van der Waals surface area contributed by atoms with Crippen LogP contribution in [0, 0.1) is 0 Å². The molecular formula is C15H31NO4. The van der Waals surface area contributed by atoms with Crippen LogP contribution in [0.4, 0.5) is 0 Å². The maximum Gasteiger partial charge on any atom is 0.0897 e. The zero-order valence-corrected chi connectivity index (χ0v) is 12.8. The van der Waals surface area contributed by atoms with Crippen molar-refractivity contribution in [2.24, 2.45) is 0 Å². The number of hydrogen-bond donors (Lipinski definition) is 3. The fraction of sp³-hybridized carbons (Fsp3) is 1.00. The quantitative estimate of drug-likeness (QED) is 0.469. The Morgan fingerprint density at radius 2 is 1.85 bits per heavy atom. The molecule has 0 aromatic heterocycles. The molecule has 0 aromatic rings. The monoisotopic (exact) mass is 289 g/mol. The molecule has 1 aliphatic carbocycles. The minimum absolute atomic E-state index is 0.308. The van der Waals surface area contributed by atoms with E-state index in [0.29, 0.717) is 32.9 Å². The lowest BCUT2D eigenvalue weighted by Gasteiger charge is -2.23. The molecule has 0 heterocycles. The second kappa shape index (κ2) is 10.5. The first-order valence-corrected chi connectivity index (χ1v) is 7.93. The van der Waals surface area contributed by atoms with E-state index in [9.17, 15) is 10.2 Å². The molecule has 0 radical (unpaired) electrons. The van der Waals surface area contributed by atoms with E-state index in [4.69, 9.17) is 9.47 Å². The van der Waals surface area contributed by atoms with Gasteiger partial charge in [0.2, 0.25) is 0 Å². The number of nitrogens with one attached hydrogen (secondary N) is 1. The lowest BCUT2D eigenvalue weighted by Crippen LogP contribution is -2.41. The van der Waals surface area contributed by atoms with Gasteiger partial charge in [0, 0.05) is 19.7 Å². The van der Waals surface area contributed by atoms with Crippen LogP contribution < -0.4 is 5.32 Å². The Labute approximate surface area is 122 Å². The van der Waals surface area contributed by atoms with Gasteiger partial charge in [-0.3, -0.25) is 0 Å². The molecule has 120 valence electrons. The highest BCUT2D eigenvalue weighted by Gasteiger charge is 2.30. The molecule has 5 nitrogen and oxygen atoms in total. The van der Waals surface area contributed by atoms with Crippen molar-refractivity contribution < 1.29 is 19.7 Å². The second-order valence-corrected chi connectivity index (χ2v) is 5.76. The van der Waals surface area contributed by atoms with Gasteiger partial charge >= 0.3 is 0 Å². The number of unbranched alkanes of at least 4 members (excludes halogenated alkanes) is 1. The van der Waals surface area contributed by atoms with E-state index in [1.165, 1.54) is 0 Å². The molecule has 1 fully saturated rings. The van der Waals surface area contributed by atoms with E-state index in [0.717, 1.165) is 45.1 Å². The van der Waals surface area contributed by atoms with Gasteiger partial charge in [-0.05, 0) is 19.3 Å². The van der Waals surface area contributed by atoms with Crippen LogP contribution in [0.25, 0.3) is 0 Å². The third-order valence-electron chi connectivity index (χ3n) is 3.69. The molecule has 0 saturated heterocycles. The lowest BCUT2D eigenvalue weighted by molar-refractivity contribution is -0.0000911. The summed E-state index contributed by atoms with van der Waals surface area (Å²) in [7, 11) is 0. The van der Waals surface area contributed by atoms with Gasteiger partial charge in [0.25, 0.3) is 0 Å². The number of rotatable bonds is 12. The average Bonchev–Trinajstić information content (AvgIpc) is 2.85. The Hall–Kier alpha value is -0.200. The minimum atomic E-state index is -0.562. The number of aliphatic hydroxyl groups is 2. The first kappa shape index (κ1) is 17.9. The van der Waals surface area contributed by atoms with Gasteiger partial charge in [-0.2, -0.15) is 0 Å². The molecule has 3 N–H and O–H groups in total. The molecule has 5 heteroatoms. The van der Waals surface area contributed by atoms with E-state index in [2.05, 4.69) is 12.2 Å². The van der Waals surface area contributed by atoms with Crippen molar-refractivity contribution in [2.45, 2.75) is 57.2 Å². The SMILES string of the molecule is CCCCOCCOCC(O)CNCC1(O)CCCC1. The third kappa shape index (κ3) is 8.17. The number of ether oxygens (including phenoxy) is 2. The summed E-state index contributed by atoms with van der Waals surface area (Å²) in [4.78, 5) is 0. The molecule has 1 rings (SSSR count). The van der Waals surface area contributed by atoms with E-state index in [1.54, 1.807) is 0 Å². The predicted octanol–water partition coefficient (Wildman–Crippen LogP) is 1.08. The van der Waals surface area contributed by atoms with Gasteiger partial charge in [-0.15, -0.1) is 0 Å². The standard InChI is InChI=1S/C15H31NO4/c1-2-3-8-19-9-10-20-12-14(17)11-16-13-15(18)6-4-5-7-15/h14,16-18H,2-13H2,1H3. The molecule has 20 heavy (non-hydrogen) atoms. The largest absolute Gasteiger partial charge is 0.389 e. The summed E-state index contributed by atoms with van der Waals surface area (Å²) >= 11 is 0. The Bertz CT molecular complexity index is 232. The smallest absolute Gasteiger partial charge is 0.0897 e. The molecular weight excluding hydrogens is 258 g/mol. The zero-order chi connectivity index (χ0) is 14.7. The summed E-state index contributed by atoms with van der Waals surface area (Å²) in [5, 5.41) is 23.0. The molecule has 0 aliphatic heterocycles. The lowest BCUT2D eigenvalue weighted by atomic mass is 10.0. The first-order valence-electron chi connectivity index (χ1n) is 7.93. The van der Waals surface area contributed by atoms with Gasteiger partial charge in [0.05, 0.1) is 31.5 Å². The summed E-state index contributed by atoms with van der Waals surface area (Å²) in [6.07, 6.45) is 5.61. The summed E-state index contributed by atoms with van der Waals surface area (Å²) in [6, 6.07) is 0. The van der Waals surface area contributed by atoms with E-state index < -0.39 is 11.7 Å². The van der Waals surface area contributed by atoms with Crippen LogP contribution in [0.5, 0.6) is 0 Å². The molecule has 1 unspecified atom stereocenters. The van der Waals surface area contributed by atoms with Crippen LogP contribution in [-0.2, 0) is 9.47 Å². The Kier molecular flexibility index (Phi) is 9.39. The topological polar surface area (TPSA) is 71.0 Å². The van der Waals surface area contributed by atoms with Crippen LogP contribution >= 0.6 is 0 Å². The van der Waals surface area contributed by atoms with Crippen LogP contribution in [-0.4, -0.2) is 61.4 Å². The van der Waals surface area contributed by atoms with Gasteiger partial charge in [-0.1, -0.05) is 26.2 Å². The average molecular weight is 289 g/mol. The molecule has 1 aliphatic rings. The molecule has 0 bridgehead atoms. The summed E-state index contributed by atoms with van der Waals surface area (Å²) < 4.78 is 10.7. The highest BCUT2D eigenvalue weighted by atomic mass is 16.5. The van der Waals surface area contributed by atoms with Gasteiger partial charge in [0.1, 0.15) is 0 Å². The van der Waals surface area contributed by atoms with Crippen molar-refractivity contribution in [1.82, 2.24) is 5.32 Å². The fourth-order valence-corrected chi connectivity index (χ4v) is 2.43. The van der Waals surface area contributed by atoms with Crippen molar-refractivity contribution in [3.8, 4) is 0 Å². The fourth-order valence-electron chi connectivity index (χ4n) is 2.43. The van der Waals surface area contributed by atoms with Gasteiger partial charge in [0.15, 0.2) is 0 Å². The van der Waals surface area contributed by atoms with Crippen LogP contribution in [0.1, 0.15) is 45.4 Å².